The van der Waals surface area contributed by atoms with Gasteiger partial charge < -0.3 is 5.32 Å². The van der Waals surface area contributed by atoms with Gasteiger partial charge in [-0.1, -0.05) is 36.8 Å². The molecule has 1 aliphatic heterocycles. The topological polar surface area (TPSA) is 32.3 Å². The summed E-state index contributed by atoms with van der Waals surface area (Å²) in [6, 6.07) is 9.02. The lowest BCUT2D eigenvalue weighted by molar-refractivity contribution is -0.118. The van der Waals surface area contributed by atoms with E-state index < -0.39 is 0 Å². The second-order valence-electron chi connectivity index (χ2n) is 5.71. The number of likely N-dealkylation sites (N-methyl/N-ethyl adjacent to an activating group) is 1. The first-order valence-electron chi connectivity index (χ1n) is 7.83. The number of thioether (sulfide) groups is 1. The lowest BCUT2D eigenvalue weighted by Crippen LogP contribution is -2.40. The number of rotatable bonds is 7. The van der Waals surface area contributed by atoms with Crippen molar-refractivity contribution in [3.8, 4) is 0 Å². The summed E-state index contributed by atoms with van der Waals surface area (Å²) in [6.45, 7) is 7.36. The van der Waals surface area contributed by atoms with Crippen molar-refractivity contribution >= 4 is 17.7 Å². The molecule has 4 heteroatoms. The lowest BCUT2D eigenvalue weighted by Gasteiger charge is -2.22. The van der Waals surface area contributed by atoms with E-state index in [1.165, 1.54) is 30.5 Å². The van der Waals surface area contributed by atoms with Crippen molar-refractivity contribution in [2.45, 2.75) is 38.5 Å². The van der Waals surface area contributed by atoms with Crippen molar-refractivity contribution in [3.05, 3.63) is 35.4 Å². The van der Waals surface area contributed by atoms with Crippen molar-refractivity contribution in [3.63, 3.8) is 0 Å². The molecule has 2 rings (SSSR count). The normalized spacial score (nSPS) is 18.9. The van der Waals surface area contributed by atoms with E-state index in [4.69, 9.17) is 0 Å². The third kappa shape index (κ3) is 5.36. The summed E-state index contributed by atoms with van der Waals surface area (Å²) < 4.78 is 0. The van der Waals surface area contributed by atoms with Crippen LogP contribution in [0.2, 0.25) is 0 Å². The molecule has 0 spiro atoms. The largest absolute Gasteiger partial charge is 0.354 e. The van der Waals surface area contributed by atoms with Gasteiger partial charge in [0, 0.05) is 18.3 Å². The Balaban J connectivity index is 1.63. The predicted molar refractivity (Wildman–Crippen MR) is 90.6 cm³/mol. The second-order valence-corrected chi connectivity index (χ2v) is 6.70. The minimum atomic E-state index is 0.163. The van der Waals surface area contributed by atoms with Crippen molar-refractivity contribution in [2.75, 3.05) is 25.4 Å². The Hall–Kier alpha value is -1.00. The van der Waals surface area contributed by atoms with Gasteiger partial charge >= 0.3 is 0 Å². The number of nitrogens with one attached hydrogen (secondary N) is 1. The molecule has 116 valence electrons. The van der Waals surface area contributed by atoms with Crippen LogP contribution >= 0.6 is 11.8 Å². The van der Waals surface area contributed by atoms with Crippen LogP contribution in [-0.4, -0.2) is 42.2 Å². The van der Waals surface area contributed by atoms with Crippen LogP contribution in [0.4, 0.5) is 0 Å². The molecular weight excluding hydrogens is 280 g/mol. The maximum Gasteiger partial charge on any atom is 0.230 e. The molecule has 0 unspecified atom stereocenters. The number of benzene rings is 1. The van der Waals surface area contributed by atoms with Gasteiger partial charge in [-0.3, -0.25) is 9.69 Å². The fourth-order valence-corrected chi connectivity index (χ4v) is 3.69. The molecule has 1 amide bonds. The molecule has 0 aliphatic carbocycles. The molecule has 21 heavy (non-hydrogen) atoms. The van der Waals surface area contributed by atoms with Crippen LogP contribution in [0, 0.1) is 6.92 Å². The predicted octanol–water partition coefficient (Wildman–Crippen LogP) is 2.83. The van der Waals surface area contributed by atoms with Gasteiger partial charge in [-0.2, -0.15) is 0 Å². The summed E-state index contributed by atoms with van der Waals surface area (Å²) in [7, 11) is 0. The maximum atomic E-state index is 11.9. The minimum absolute atomic E-state index is 0.163. The SMILES string of the molecule is CCN1CCC[C@H]1CNC(=O)CSCc1cccc(C)c1. The minimum Gasteiger partial charge on any atom is -0.354 e. The molecule has 1 aliphatic rings. The van der Waals surface area contributed by atoms with E-state index in [0.29, 0.717) is 11.8 Å². The molecule has 0 radical (unpaired) electrons. The molecule has 1 N–H and O–H groups in total. The first kappa shape index (κ1) is 16.4. The third-order valence-corrected chi connectivity index (χ3v) is 5.03. The number of aryl methyl sites for hydroxylation is 1. The Morgan fingerprint density at radius 3 is 3.10 bits per heavy atom. The zero-order valence-corrected chi connectivity index (χ0v) is 13.9. The van der Waals surface area contributed by atoms with E-state index in [2.05, 4.69) is 48.3 Å². The molecule has 1 fully saturated rings. The average Bonchev–Trinajstić information content (AvgIpc) is 2.92. The molecule has 1 atom stereocenters. The zero-order chi connectivity index (χ0) is 15.1. The molecule has 1 aromatic rings. The van der Waals surface area contributed by atoms with Gasteiger partial charge in [0.15, 0.2) is 0 Å². The summed E-state index contributed by atoms with van der Waals surface area (Å²) in [5.41, 5.74) is 2.57. The number of hydrogen-bond acceptors (Lipinski definition) is 3. The van der Waals surface area contributed by atoms with Crippen LogP contribution in [0.5, 0.6) is 0 Å². The van der Waals surface area contributed by atoms with Gasteiger partial charge in [0.25, 0.3) is 0 Å². The van der Waals surface area contributed by atoms with Crippen LogP contribution in [0.1, 0.15) is 30.9 Å². The Morgan fingerprint density at radius 2 is 2.33 bits per heavy atom. The summed E-state index contributed by atoms with van der Waals surface area (Å²) >= 11 is 1.69. The molecule has 1 aromatic carbocycles. The standard InChI is InChI=1S/C17H26N2OS/c1-3-19-9-5-8-16(19)11-18-17(20)13-21-12-15-7-4-6-14(2)10-15/h4,6-7,10,16H,3,5,8-9,11-13H2,1-2H3,(H,18,20)/t16-/m0/s1. The summed E-state index contributed by atoms with van der Waals surface area (Å²) in [5.74, 6) is 1.61. The lowest BCUT2D eigenvalue weighted by atomic mass is 10.2. The molecule has 1 saturated heterocycles. The van der Waals surface area contributed by atoms with Gasteiger partial charge in [0.05, 0.1) is 5.75 Å². The van der Waals surface area contributed by atoms with E-state index in [1.807, 2.05) is 0 Å². The van der Waals surface area contributed by atoms with Gasteiger partial charge in [-0.05, 0) is 38.4 Å². The quantitative estimate of drug-likeness (QED) is 0.841. The number of nitrogens with zero attached hydrogens (tertiary/aromatic N) is 1. The van der Waals surface area contributed by atoms with Crippen LogP contribution < -0.4 is 5.32 Å². The Bertz CT molecular complexity index is 464. The smallest absolute Gasteiger partial charge is 0.230 e. The van der Waals surface area contributed by atoms with E-state index in [9.17, 15) is 4.79 Å². The van der Waals surface area contributed by atoms with Gasteiger partial charge in [-0.25, -0.2) is 0 Å². The van der Waals surface area contributed by atoms with Crippen molar-refractivity contribution in [1.29, 1.82) is 0 Å². The molecular formula is C17H26N2OS. The Morgan fingerprint density at radius 1 is 1.48 bits per heavy atom. The monoisotopic (exact) mass is 306 g/mol. The number of likely N-dealkylation sites (tertiary alicyclic amines) is 1. The van der Waals surface area contributed by atoms with Crippen molar-refractivity contribution in [1.82, 2.24) is 10.2 Å². The molecule has 0 bridgehead atoms. The molecule has 3 nitrogen and oxygen atoms in total. The third-order valence-electron chi connectivity index (χ3n) is 4.02. The maximum absolute atomic E-state index is 11.9. The summed E-state index contributed by atoms with van der Waals surface area (Å²) in [6.07, 6.45) is 2.47. The number of hydrogen-bond donors (Lipinski definition) is 1. The number of carbonyl (C=O) groups is 1. The van der Waals surface area contributed by atoms with Crippen LogP contribution in [0.15, 0.2) is 24.3 Å². The Labute approximate surface area is 132 Å². The van der Waals surface area contributed by atoms with Crippen LogP contribution in [-0.2, 0) is 10.5 Å². The van der Waals surface area contributed by atoms with Crippen molar-refractivity contribution < 1.29 is 4.79 Å². The highest BCUT2D eigenvalue weighted by Crippen LogP contribution is 2.16. The van der Waals surface area contributed by atoms with Gasteiger partial charge in [0.1, 0.15) is 0 Å². The average molecular weight is 306 g/mol. The summed E-state index contributed by atoms with van der Waals surface area (Å²) in [5, 5.41) is 3.09. The molecule has 0 saturated carbocycles. The molecule has 0 aromatic heterocycles. The highest BCUT2D eigenvalue weighted by atomic mass is 32.2. The molecule has 1 heterocycles. The number of carbonyl (C=O) groups excluding carboxylic acids is 1. The number of amides is 1. The van der Waals surface area contributed by atoms with Crippen LogP contribution in [0.3, 0.4) is 0 Å². The summed E-state index contributed by atoms with van der Waals surface area (Å²) in [4.78, 5) is 14.4. The van der Waals surface area contributed by atoms with Gasteiger partial charge in [0.2, 0.25) is 5.91 Å². The fraction of sp³-hybridized carbons (Fsp3) is 0.588. The van der Waals surface area contributed by atoms with Crippen LogP contribution in [0.25, 0.3) is 0 Å². The zero-order valence-electron chi connectivity index (χ0n) is 13.1. The van der Waals surface area contributed by atoms with Gasteiger partial charge in [-0.15, -0.1) is 11.8 Å². The van der Waals surface area contributed by atoms with Crippen molar-refractivity contribution in [2.24, 2.45) is 0 Å². The Kier molecular flexibility index (Phi) is 6.58. The first-order valence-corrected chi connectivity index (χ1v) is 8.98. The highest BCUT2D eigenvalue weighted by Gasteiger charge is 2.22. The van der Waals surface area contributed by atoms with E-state index in [-0.39, 0.29) is 5.91 Å². The van der Waals surface area contributed by atoms with E-state index >= 15 is 0 Å². The highest BCUT2D eigenvalue weighted by molar-refractivity contribution is 7.99. The second kappa shape index (κ2) is 8.44. The van der Waals surface area contributed by atoms with E-state index in [0.717, 1.165) is 18.8 Å². The first-order chi connectivity index (χ1) is 10.2. The van der Waals surface area contributed by atoms with E-state index in [1.54, 1.807) is 11.8 Å². The fourth-order valence-electron chi connectivity index (χ4n) is 2.89.